The monoisotopic (exact) mass is 268 g/mol. The van der Waals surface area contributed by atoms with Gasteiger partial charge < -0.3 is 10.2 Å². The predicted octanol–water partition coefficient (Wildman–Crippen LogP) is 2.92. The highest BCUT2D eigenvalue weighted by Gasteiger charge is 2.06. The molecule has 0 saturated heterocycles. The van der Waals surface area contributed by atoms with E-state index in [1.165, 1.54) is 5.56 Å². The van der Waals surface area contributed by atoms with Crippen molar-refractivity contribution in [3.63, 3.8) is 0 Å². The molecule has 0 fully saturated rings. The molecule has 0 heterocycles. The standard InChI is InChI=1S/C13H20N2S2/c1-11(12-7-5-4-6-8-12)14-13(16)17-10-9-15(2)3/h4-8,11H,9-10H2,1-3H3,(H,14,16). The zero-order valence-electron chi connectivity index (χ0n) is 10.6. The molecule has 1 aromatic rings. The molecule has 1 atom stereocenters. The molecule has 1 aromatic carbocycles. The second-order valence-corrected chi connectivity index (χ2v) is 5.99. The van der Waals surface area contributed by atoms with Gasteiger partial charge in [0.2, 0.25) is 0 Å². The van der Waals surface area contributed by atoms with Crippen LogP contribution in [0.15, 0.2) is 30.3 Å². The minimum Gasteiger partial charge on any atom is -0.364 e. The van der Waals surface area contributed by atoms with Crippen LogP contribution in [0, 0.1) is 0 Å². The Labute approximate surface area is 114 Å². The van der Waals surface area contributed by atoms with Crippen molar-refractivity contribution in [2.75, 3.05) is 26.4 Å². The molecule has 2 nitrogen and oxygen atoms in total. The van der Waals surface area contributed by atoms with Crippen LogP contribution in [0.4, 0.5) is 0 Å². The van der Waals surface area contributed by atoms with Crippen LogP contribution >= 0.6 is 24.0 Å². The zero-order valence-corrected chi connectivity index (χ0v) is 12.3. The summed E-state index contributed by atoms with van der Waals surface area (Å²) in [5.41, 5.74) is 1.27. The molecule has 17 heavy (non-hydrogen) atoms. The fourth-order valence-electron chi connectivity index (χ4n) is 1.36. The number of hydrogen-bond donors (Lipinski definition) is 1. The molecule has 0 radical (unpaired) electrons. The molecular formula is C13H20N2S2. The summed E-state index contributed by atoms with van der Waals surface area (Å²) in [5, 5.41) is 3.35. The van der Waals surface area contributed by atoms with Gasteiger partial charge in [0.05, 0.1) is 0 Å². The largest absolute Gasteiger partial charge is 0.364 e. The van der Waals surface area contributed by atoms with E-state index in [1.807, 2.05) is 6.07 Å². The topological polar surface area (TPSA) is 15.3 Å². The Kier molecular flexibility index (Phi) is 6.55. The van der Waals surface area contributed by atoms with E-state index in [-0.39, 0.29) is 6.04 Å². The fourth-order valence-corrected chi connectivity index (χ4v) is 2.69. The average Bonchev–Trinajstić information content (AvgIpc) is 2.29. The van der Waals surface area contributed by atoms with Gasteiger partial charge >= 0.3 is 0 Å². The van der Waals surface area contributed by atoms with E-state index in [0.29, 0.717) is 0 Å². The highest BCUT2D eigenvalue weighted by Crippen LogP contribution is 2.13. The Morgan fingerprint density at radius 1 is 1.35 bits per heavy atom. The van der Waals surface area contributed by atoms with Crippen molar-refractivity contribution in [3.8, 4) is 0 Å². The normalized spacial score (nSPS) is 12.5. The SMILES string of the molecule is CC(NC(=S)SCCN(C)C)c1ccccc1. The lowest BCUT2D eigenvalue weighted by Gasteiger charge is -2.16. The van der Waals surface area contributed by atoms with E-state index in [1.54, 1.807) is 11.8 Å². The third kappa shape index (κ3) is 6.05. The lowest BCUT2D eigenvalue weighted by atomic mass is 10.1. The van der Waals surface area contributed by atoms with Gasteiger partial charge in [-0.1, -0.05) is 54.3 Å². The van der Waals surface area contributed by atoms with Crippen LogP contribution in [-0.2, 0) is 0 Å². The Morgan fingerprint density at radius 3 is 2.59 bits per heavy atom. The van der Waals surface area contributed by atoms with Crippen LogP contribution in [0.3, 0.4) is 0 Å². The molecule has 94 valence electrons. The fraction of sp³-hybridized carbons (Fsp3) is 0.462. The van der Waals surface area contributed by atoms with Gasteiger partial charge in [-0.05, 0) is 26.6 Å². The van der Waals surface area contributed by atoms with E-state index >= 15 is 0 Å². The van der Waals surface area contributed by atoms with Crippen molar-refractivity contribution in [1.82, 2.24) is 10.2 Å². The maximum atomic E-state index is 5.32. The number of nitrogens with zero attached hydrogens (tertiary/aromatic N) is 1. The predicted molar refractivity (Wildman–Crippen MR) is 81.6 cm³/mol. The molecule has 0 amide bonds. The second kappa shape index (κ2) is 7.69. The first-order valence-electron chi connectivity index (χ1n) is 5.72. The number of rotatable bonds is 5. The third-order valence-corrected chi connectivity index (χ3v) is 3.64. The molecule has 0 aliphatic carbocycles. The molecule has 0 aromatic heterocycles. The van der Waals surface area contributed by atoms with Crippen molar-refractivity contribution in [3.05, 3.63) is 35.9 Å². The Bertz CT molecular complexity index is 339. The quantitative estimate of drug-likeness (QED) is 0.826. The molecule has 0 bridgehead atoms. The van der Waals surface area contributed by atoms with E-state index in [4.69, 9.17) is 12.2 Å². The van der Waals surface area contributed by atoms with Crippen LogP contribution in [0.2, 0.25) is 0 Å². The lowest BCUT2D eigenvalue weighted by Crippen LogP contribution is -2.24. The van der Waals surface area contributed by atoms with Crippen molar-refractivity contribution in [2.24, 2.45) is 0 Å². The third-order valence-electron chi connectivity index (χ3n) is 2.41. The number of benzene rings is 1. The second-order valence-electron chi connectivity index (χ2n) is 4.22. The van der Waals surface area contributed by atoms with Crippen LogP contribution in [0.25, 0.3) is 0 Å². The first kappa shape index (κ1) is 14.5. The van der Waals surface area contributed by atoms with Gasteiger partial charge in [0, 0.05) is 18.3 Å². The van der Waals surface area contributed by atoms with Gasteiger partial charge in [-0.3, -0.25) is 0 Å². The molecule has 0 aliphatic heterocycles. The van der Waals surface area contributed by atoms with Crippen molar-refractivity contribution in [1.29, 1.82) is 0 Å². The van der Waals surface area contributed by atoms with Crippen LogP contribution in [-0.4, -0.2) is 35.6 Å². The van der Waals surface area contributed by atoms with E-state index in [2.05, 4.69) is 55.5 Å². The summed E-state index contributed by atoms with van der Waals surface area (Å²) >= 11 is 7.02. The van der Waals surface area contributed by atoms with Crippen LogP contribution < -0.4 is 5.32 Å². The molecule has 0 spiro atoms. The highest BCUT2D eigenvalue weighted by atomic mass is 32.2. The van der Waals surface area contributed by atoms with Gasteiger partial charge in [-0.15, -0.1) is 0 Å². The summed E-state index contributed by atoms with van der Waals surface area (Å²) in [6.07, 6.45) is 0. The molecule has 1 N–H and O–H groups in total. The zero-order chi connectivity index (χ0) is 12.7. The Morgan fingerprint density at radius 2 is 2.00 bits per heavy atom. The van der Waals surface area contributed by atoms with Gasteiger partial charge in [-0.2, -0.15) is 0 Å². The minimum absolute atomic E-state index is 0.274. The van der Waals surface area contributed by atoms with E-state index in [9.17, 15) is 0 Å². The van der Waals surface area contributed by atoms with Gasteiger partial charge in [0.1, 0.15) is 4.32 Å². The van der Waals surface area contributed by atoms with Crippen molar-refractivity contribution < 1.29 is 0 Å². The van der Waals surface area contributed by atoms with Crippen LogP contribution in [0.1, 0.15) is 18.5 Å². The Balaban J connectivity index is 2.31. The van der Waals surface area contributed by atoms with E-state index in [0.717, 1.165) is 16.6 Å². The number of hydrogen-bond acceptors (Lipinski definition) is 3. The number of thiocarbonyl (C=S) groups is 1. The summed E-state index contributed by atoms with van der Waals surface area (Å²) in [6, 6.07) is 10.6. The summed E-state index contributed by atoms with van der Waals surface area (Å²) in [7, 11) is 4.15. The number of nitrogens with one attached hydrogen (secondary N) is 1. The van der Waals surface area contributed by atoms with E-state index < -0.39 is 0 Å². The summed E-state index contributed by atoms with van der Waals surface area (Å²) in [4.78, 5) is 2.16. The molecule has 1 rings (SSSR count). The average molecular weight is 268 g/mol. The molecular weight excluding hydrogens is 248 g/mol. The molecule has 0 saturated carbocycles. The highest BCUT2D eigenvalue weighted by molar-refractivity contribution is 8.22. The summed E-state index contributed by atoms with van der Waals surface area (Å²) in [5.74, 6) is 1.03. The van der Waals surface area contributed by atoms with Crippen molar-refractivity contribution >= 4 is 28.3 Å². The Hall–Kier alpha value is -0.580. The smallest absolute Gasteiger partial charge is 0.134 e. The maximum Gasteiger partial charge on any atom is 0.134 e. The maximum absolute atomic E-state index is 5.32. The molecule has 0 aliphatic rings. The van der Waals surface area contributed by atoms with Gasteiger partial charge in [0.25, 0.3) is 0 Å². The minimum atomic E-state index is 0.274. The molecule has 1 unspecified atom stereocenters. The van der Waals surface area contributed by atoms with Crippen molar-refractivity contribution in [2.45, 2.75) is 13.0 Å². The molecule has 4 heteroatoms. The first-order valence-corrected chi connectivity index (χ1v) is 7.12. The first-order chi connectivity index (χ1) is 8.09. The van der Waals surface area contributed by atoms with Gasteiger partial charge in [-0.25, -0.2) is 0 Å². The number of thioether (sulfide) groups is 1. The van der Waals surface area contributed by atoms with Crippen LogP contribution in [0.5, 0.6) is 0 Å². The summed E-state index contributed by atoms with van der Waals surface area (Å²) < 4.78 is 0.878. The van der Waals surface area contributed by atoms with Gasteiger partial charge in [0.15, 0.2) is 0 Å². The lowest BCUT2D eigenvalue weighted by molar-refractivity contribution is 0.437. The summed E-state index contributed by atoms with van der Waals surface area (Å²) in [6.45, 7) is 3.18.